The zero-order valence-corrected chi connectivity index (χ0v) is 13.4. The van der Waals surface area contributed by atoms with Crippen molar-refractivity contribution in [2.24, 2.45) is 5.92 Å². The van der Waals surface area contributed by atoms with Gasteiger partial charge in [0, 0.05) is 13.1 Å². The first kappa shape index (κ1) is 13.8. The molecule has 0 radical (unpaired) electrons. The minimum Gasteiger partial charge on any atom is -0.299 e. The summed E-state index contributed by atoms with van der Waals surface area (Å²) in [5, 5.41) is 1.57. The maximum atomic E-state index is 2.61. The Labute approximate surface area is 113 Å². The van der Waals surface area contributed by atoms with Gasteiger partial charge in [-0.2, -0.15) is 0 Å². The molecule has 0 saturated carbocycles. The van der Waals surface area contributed by atoms with E-state index in [2.05, 4.69) is 55.7 Å². The number of benzene rings is 1. The molecule has 1 aliphatic heterocycles. The molecule has 2 heteroatoms. The Morgan fingerprint density at radius 1 is 1.17 bits per heavy atom. The van der Waals surface area contributed by atoms with Crippen molar-refractivity contribution in [1.82, 2.24) is 4.90 Å². The number of hydrogen-bond acceptors (Lipinski definition) is 1. The molecule has 0 amide bonds. The first-order chi connectivity index (χ1) is 8.45. The average Bonchev–Trinajstić information content (AvgIpc) is 2.28. The summed E-state index contributed by atoms with van der Waals surface area (Å²) < 4.78 is 0. The summed E-state index contributed by atoms with van der Waals surface area (Å²) in [6.45, 7) is 13.3. The molecule has 0 aliphatic carbocycles. The van der Waals surface area contributed by atoms with Crippen LogP contribution in [0.1, 0.15) is 25.3 Å². The average molecular weight is 261 g/mol. The molecule has 0 spiro atoms. The Morgan fingerprint density at radius 3 is 2.39 bits per heavy atom. The molecule has 0 N–H and O–H groups in total. The lowest BCUT2D eigenvalue weighted by molar-refractivity contribution is 0.176. The fourth-order valence-corrected chi connectivity index (χ4v) is 3.97. The summed E-state index contributed by atoms with van der Waals surface area (Å²) in [5.41, 5.74) is 1.48. The van der Waals surface area contributed by atoms with Crippen LogP contribution in [0.3, 0.4) is 0 Å². The van der Waals surface area contributed by atoms with Crippen molar-refractivity contribution in [3.63, 3.8) is 0 Å². The number of likely N-dealkylation sites (tertiary alicyclic amines) is 1. The Kier molecular flexibility index (Phi) is 4.28. The second kappa shape index (κ2) is 5.58. The largest absolute Gasteiger partial charge is 0.299 e. The Bertz CT molecular complexity index is 377. The van der Waals surface area contributed by atoms with Crippen molar-refractivity contribution in [2.45, 2.75) is 46.0 Å². The quantitative estimate of drug-likeness (QED) is 0.753. The summed E-state index contributed by atoms with van der Waals surface area (Å²) in [6.07, 6.45) is 2.78. The van der Waals surface area contributed by atoms with Crippen molar-refractivity contribution in [3.05, 3.63) is 29.8 Å². The van der Waals surface area contributed by atoms with Crippen LogP contribution in [0.2, 0.25) is 19.6 Å². The smallest absolute Gasteiger partial charge is 0.0775 e. The van der Waals surface area contributed by atoms with Gasteiger partial charge in [-0.3, -0.25) is 4.90 Å². The van der Waals surface area contributed by atoms with E-state index in [1.807, 2.05) is 0 Å². The van der Waals surface area contributed by atoms with Gasteiger partial charge in [0.15, 0.2) is 0 Å². The molecular formula is C16H27NSi. The second-order valence-corrected chi connectivity index (χ2v) is 12.0. The standard InChI is InChI=1S/C16H27NSi/c1-14-6-5-11-17(12-14)13-15-7-9-16(10-8-15)18(2,3)4/h7-10,14H,5-6,11-13H2,1-4H3. The minimum atomic E-state index is -1.13. The summed E-state index contributed by atoms with van der Waals surface area (Å²) >= 11 is 0. The molecule has 1 aromatic carbocycles. The van der Waals surface area contributed by atoms with E-state index in [9.17, 15) is 0 Å². The highest BCUT2D eigenvalue weighted by Gasteiger charge is 2.18. The highest BCUT2D eigenvalue weighted by Crippen LogP contribution is 2.17. The summed E-state index contributed by atoms with van der Waals surface area (Å²) in [6, 6.07) is 9.39. The number of piperidine rings is 1. The van der Waals surface area contributed by atoms with E-state index in [4.69, 9.17) is 0 Å². The molecule has 1 atom stereocenters. The van der Waals surface area contributed by atoms with E-state index in [-0.39, 0.29) is 0 Å². The van der Waals surface area contributed by atoms with Crippen LogP contribution >= 0.6 is 0 Å². The van der Waals surface area contributed by atoms with Crippen LogP contribution in [0.15, 0.2) is 24.3 Å². The number of hydrogen-bond donors (Lipinski definition) is 0. The predicted molar refractivity (Wildman–Crippen MR) is 83.1 cm³/mol. The lowest BCUT2D eigenvalue weighted by Gasteiger charge is -2.31. The first-order valence-electron chi connectivity index (χ1n) is 7.27. The zero-order valence-electron chi connectivity index (χ0n) is 12.4. The maximum Gasteiger partial charge on any atom is 0.0775 e. The van der Waals surface area contributed by atoms with Crippen molar-refractivity contribution < 1.29 is 0 Å². The SMILES string of the molecule is CC1CCCN(Cc2ccc([Si](C)(C)C)cc2)C1. The summed E-state index contributed by atoms with van der Waals surface area (Å²) in [5.74, 6) is 0.875. The lowest BCUT2D eigenvalue weighted by Crippen LogP contribution is -2.37. The second-order valence-electron chi connectivity index (χ2n) is 6.93. The normalized spacial score (nSPS) is 22.1. The van der Waals surface area contributed by atoms with Crippen LogP contribution in [0, 0.1) is 5.92 Å². The molecule has 0 bridgehead atoms. The molecular weight excluding hydrogens is 234 g/mol. The van der Waals surface area contributed by atoms with Crippen LogP contribution in [0.25, 0.3) is 0 Å². The minimum absolute atomic E-state index is 0.875. The number of nitrogens with zero attached hydrogens (tertiary/aromatic N) is 1. The molecule has 1 unspecified atom stereocenters. The molecule has 1 heterocycles. The molecule has 100 valence electrons. The maximum absolute atomic E-state index is 2.61. The molecule has 1 fully saturated rings. The van der Waals surface area contributed by atoms with Gasteiger partial charge in [0.2, 0.25) is 0 Å². The van der Waals surface area contributed by atoms with Crippen molar-refractivity contribution in [2.75, 3.05) is 13.1 Å². The highest BCUT2D eigenvalue weighted by atomic mass is 28.3. The Morgan fingerprint density at radius 2 is 1.83 bits per heavy atom. The van der Waals surface area contributed by atoms with E-state index < -0.39 is 8.07 Å². The molecule has 1 aliphatic rings. The molecule has 1 saturated heterocycles. The predicted octanol–water partition coefficient (Wildman–Crippen LogP) is 3.46. The Hall–Kier alpha value is -0.603. The lowest BCUT2D eigenvalue weighted by atomic mass is 10.00. The van der Waals surface area contributed by atoms with Gasteiger partial charge in [-0.15, -0.1) is 0 Å². The van der Waals surface area contributed by atoms with Crippen molar-refractivity contribution >= 4 is 13.3 Å². The van der Waals surface area contributed by atoms with Crippen molar-refractivity contribution in [3.8, 4) is 0 Å². The van der Waals surface area contributed by atoms with E-state index in [0.717, 1.165) is 12.5 Å². The molecule has 1 nitrogen and oxygen atoms in total. The van der Waals surface area contributed by atoms with Crippen LogP contribution < -0.4 is 5.19 Å². The van der Waals surface area contributed by atoms with Gasteiger partial charge >= 0.3 is 0 Å². The third-order valence-corrected chi connectivity index (χ3v) is 6.03. The van der Waals surface area contributed by atoms with E-state index >= 15 is 0 Å². The van der Waals surface area contributed by atoms with E-state index in [1.165, 1.54) is 31.5 Å². The van der Waals surface area contributed by atoms with Gasteiger partial charge in [0.05, 0.1) is 8.07 Å². The first-order valence-corrected chi connectivity index (χ1v) is 10.8. The van der Waals surface area contributed by atoms with E-state index in [0.29, 0.717) is 0 Å². The van der Waals surface area contributed by atoms with E-state index in [1.54, 1.807) is 5.19 Å². The van der Waals surface area contributed by atoms with Crippen LogP contribution in [-0.4, -0.2) is 26.1 Å². The topological polar surface area (TPSA) is 3.24 Å². The van der Waals surface area contributed by atoms with Gasteiger partial charge < -0.3 is 0 Å². The fraction of sp³-hybridized carbons (Fsp3) is 0.625. The van der Waals surface area contributed by atoms with Crippen LogP contribution in [0.4, 0.5) is 0 Å². The summed E-state index contributed by atoms with van der Waals surface area (Å²) in [7, 11) is -1.13. The third kappa shape index (κ3) is 3.69. The van der Waals surface area contributed by atoms with Gasteiger partial charge in [0.1, 0.15) is 0 Å². The molecule has 18 heavy (non-hydrogen) atoms. The van der Waals surface area contributed by atoms with Gasteiger partial charge in [0.25, 0.3) is 0 Å². The molecule has 0 aromatic heterocycles. The molecule has 1 aromatic rings. The van der Waals surface area contributed by atoms with Gasteiger partial charge in [-0.1, -0.05) is 56.0 Å². The zero-order chi connectivity index (χ0) is 13.2. The van der Waals surface area contributed by atoms with Crippen LogP contribution in [-0.2, 0) is 6.54 Å². The van der Waals surface area contributed by atoms with Crippen LogP contribution in [0.5, 0.6) is 0 Å². The van der Waals surface area contributed by atoms with Crippen molar-refractivity contribution in [1.29, 1.82) is 0 Å². The highest BCUT2D eigenvalue weighted by molar-refractivity contribution is 6.88. The van der Waals surface area contributed by atoms with Gasteiger partial charge in [-0.25, -0.2) is 0 Å². The molecule has 2 rings (SSSR count). The number of rotatable bonds is 3. The fourth-order valence-electron chi connectivity index (χ4n) is 2.80. The summed E-state index contributed by atoms with van der Waals surface area (Å²) in [4.78, 5) is 2.61. The monoisotopic (exact) mass is 261 g/mol. The third-order valence-electron chi connectivity index (χ3n) is 3.97. The Balaban J connectivity index is 1.98. The van der Waals surface area contributed by atoms with Gasteiger partial charge in [-0.05, 0) is 30.9 Å².